The first-order valence-corrected chi connectivity index (χ1v) is 6.64. The molecule has 0 aliphatic heterocycles. The number of likely N-dealkylation sites (N-methyl/N-ethyl adjacent to an activating group) is 1. The summed E-state index contributed by atoms with van der Waals surface area (Å²) in [6, 6.07) is -0.311. The Morgan fingerprint density at radius 1 is 1.19 bits per heavy atom. The summed E-state index contributed by atoms with van der Waals surface area (Å²) in [5, 5.41) is 2.76. The second kappa shape index (κ2) is 6.78. The van der Waals surface area contributed by atoms with E-state index in [2.05, 4.69) is 5.32 Å². The van der Waals surface area contributed by atoms with E-state index >= 15 is 0 Å². The highest BCUT2D eigenvalue weighted by molar-refractivity contribution is 8.12. The van der Waals surface area contributed by atoms with Crippen molar-refractivity contribution < 1.29 is 9.59 Å². The van der Waals surface area contributed by atoms with Crippen molar-refractivity contribution in [2.75, 3.05) is 13.3 Å². The van der Waals surface area contributed by atoms with Crippen LogP contribution in [0.2, 0.25) is 0 Å². The van der Waals surface area contributed by atoms with Crippen LogP contribution in [0.4, 0.5) is 4.79 Å². The van der Waals surface area contributed by atoms with Crippen molar-refractivity contribution in [1.82, 2.24) is 10.2 Å². The van der Waals surface area contributed by atoms with E-state index in [0.29, 0.717) is 0 Å². The molecule has 0 aromatic heterocycles. The molecule has 0 saturated heterocycles. The van der Waals surface area contributed by atoms with Gasteiger partial charge in [-0.2, -0.15) is 0 Å². The van der Waals surface area contributed by atoms with Crippen molar-refractivity contribution in [1.29, 1.82) is 0 Å². The molecule has 16 heavy (non-hydrogen) atoms. The van der Waals surface area contributed by atoms with Gasteiger partial charge in [0, 0.05) is 13.1 Å². The zero-order valence-electron chi connectivity index (χ0n) is 10.9. The number of nitrogens with one attached hydrogen (secondary N) is 1. The maximum absolute atomic E-state index is 11.9. The highest BCUT2D eigenvalue weighted by Crippen LogP contribution is 2.14. The van der Waals surface area contributed by atoms with Crippen molar-refractivity contribution in [3.05, 3.63) is 0 Å². The van der Waals surface area contributed by atoms with E-state index in [4.69, 9.17) is 0 Å². The summed E-state index contributed by atoms with van der Waals surface area (Å²) in [6.07, 6.45) is 1.72. The van der Waals surface area contributed by atoms with E-state index in [0.717, 1.165) is 11.8 Å². The molecule has 0 rings (SSSR count). The smallest absolute Gasteiger partial charge is 0.281 e. The summed E-state index contributed by atoms with van der Waals surface area (Å²) in [5.74, 6) is 0.00903. The van der Waals surface area contributed by atoms with E-state index in [1.54, 1.807) is 13.3 Å². The zero-order chi connectivity index (χ0) is 12.9. The molecule has 1 N–H and O–H groups in total. The van der Waals surface area contributed by atoms with Gasteiger partial charge in [-0.05, 0) is 26.0 Å². The van der Waals surface area contributed by atoms with E-state index in [-0.39, 0.29) is 23.1 Å². The van der Waals surface area contributed by atoms with Crippen molar-refractivity contribution in [3.63, 3.8) is 0 Å². The summed E-state index contributed by atoms with van der Waals surface area (Å²) in [6.45, 7) is 7.70. The van der Waals surface area contributed by atoms with Gasteiger partial charge in [-0.1, -0.05) is 25.6 Å². The van der Waals surface area contributed by atoms with Crippen LogP contribution < -0.4 is 5.32 Å². The third-order valence-electron chi connectivity index (χ3n) is 2.21. The topological polar surface area (TPSA) is 49.4 Å². The van der Waals surface area contributed by atoms with E-state index < -0.39 is 6.04 Å². The number of rotatable bonds is 4. The number of hydrogen-bond donors (Lipinski definition) is 1. The number of carbonyl (C=O) groups is 2. The Morgan fingerprint density at radius 2 is 1.69 bits per heavy atom. The van der Waals surface area contributed by atoms with Crippen LogP contribution in [-0.2, 0) is 4.79 Å². The maximum Gasteiger partial charge on any atom is 0.281 e. The Kier molecular flexibility index (Phi) is 6.48. The second-order valence-electron chi connectivity index (χ2n) is 4.43. The SMILES string of the molecule is CSC(=O)N(C)C(C(=O)NC(C)C)C(C)C. The Labute approximate surface area is 102 Å². The van der Waals surface area contributed by atoms with Crippen LogP contribution in [0.15, 0.2) is 0 Å². The molecule has 0 bridgehead atoms. The number of carbonyl (C=O) groups excluding carboxylic acids is 2. The normalized spacial score (nSPS) is 12.8. The third kappa shape index (κ3) is 4.43. The number of hydrogen-bond acceptors (Lipinski definition) is 3. The molecule has 0 aliphatic rings. The van der Waals surface area contributed by atoms with Gasteiger partial charge in [0.15, 0.2) is 0 Å². The zero-order valence-corrected chi connectivity index (χ0v) is 11.7. The van der Waals surface area contributed by atoms with Gasteiger partial charge in [0.05, 0.1) is 0 Å². The van der Waals surface area contributed by atoms with E-state index in [9.17, 15) is 9.59 Å². The second-order valence-corrected chi connectivity index (χ2v) is 5.19. The lowest BCUT2D eigenvalue weighted by molar-refractivity contribution is -0.126. The first kappa shape index (κ1) is 15.3. The molecule has 0 heterocycles. The van der Waals surface area contributed by atoms with Crippen molar-refractivity contribution >= 4 is 22.9 Å². The maximum atomic E-state index is 11.9. The van der Waals surface area contributed by atoms with Crippen LogP contribution in [0.25, 0.3) is 0 Å². The molecule has 1 unspecified atom stereocenters. The molecule has 1 atom stereocenters. The molecule has 94 valence electrons. The van der Waals surface area contributed by atoms with Gasteiger partial charge < -0.3 is 10.2 Å². The monoisotopic (exact) mass is 246 g/mol. The van der Waals surface area contributed by atoms with Gasteiger partial charge in [0.1, 0.15) is 6.04 Å². The first-order chi connectivity index (χ1) is 7.31. The van der Waals surface area contributed by atoms with E-state index in [1.807, 2.05) is 27.7 Å². The molecule has 0 fully saturated rings. The van der Waals surface area contributed by atoms with Gasteiger partial charge in [-0.3, -0.25) is 9.59 Å². The van der Waals surface area contributed by atoms with Crippen molar-refractivity contribution in [3.8, 4) is 0 Å². The molecule has 0 saturated carbocycles. The summed E-state index contributed by atoms with van der Waals surface area (Å²) < 4.78 is 0. The Bertz CT molecular complexity index is 254. The predicted molar refractivity (Wildman–Crippen MR) is 68.6 cm³/mol. The molecule has 0 aromatic rings. The van der Waals surface area contributed by atoms with Crippen LogP contribution in [0.1, 0.15) is 27.7 Å². The van der Waals surface area contributed by atoms with Crippen molar-refractivity contribution in [2.24, 2.45) is 5.92 Å². The van der Waals surface area contributed by atoms with Crippen LogP contribution >= 0.6 is 11.8 Å². The first-order valence-electron chi connectivity index (χ1n) is 5.42. The number of amides is 2. The third-order valence-corrected chi connectivity index (χ3v) is 2.85. The van der Waals surface area contributed by atoms with Crippen molar-refractivity contribution in [2.45, 2.75) is 39.8 Å². The molecule has 2 amide bonds. The lowest BCUT2D eigenvalue weighted by Crippen LogP contribution is -2.51. The fourth-order valence-corrected chi connectivity index (χ4v) is 1.95. The minimum atomic E-state index is -0.401. The molecule has 0 aromatic carbocycles. The molecule has 0 spiro atoms. The van der Waals surface area contributed by atoms with Gasteiger partial charge in [-0.15, -0.1) is 0 Å². The Hall–Kier alpha value is -0.710. The summed E-state index contributed by atoms with van der Waals surface area (Å²) >= 11 is 1.12. The molecular weight excluding hydrogens is 224 g/mol. The predicted octanol–water partition coefficient (Wildman–Crippen LogP) is 1.95. The standard InChI is InChI=1S/C11H22N2O2S/c1-7(2)9(10(14)12-8(3)4)13(5)11(15)16-6/h7-9H,1-6H3,(H,12,14). The Balaban J connectivity index is 4.73. The minimum Gasteiger partial charge on any atom is -0.352 e. The van der Waals surface area contributed by atoms with Gasteiger partial charge in [0.2, 0.25) is 5.91 Å². The number of thioether (sulfide) groups is 1. The number of nitrogens with zero attached hydrogens (tertiary/aromatic N) is 1. The summed E-state index contributed by atoms with van der Waals surface area (Å²) in [4.78, 5) is 25.0. The van der Waals surface area contributed by atoms with Crippen LogP contribution in [0.5, 0.6) is 0 Å². The average Bonchev–Trinajstić information content (AvgIpc) is 2.14. The van der Waals surface area contributed by atoms with Crippen LogP contribution in [-0.4, -0.2) is 41.4 Å². The lowest BCUT2D eigenvalue weighted by atomic mass is 10.0. The molecule has 5 heteroatoms. The van der Waals surface area contributed by atoms with Crippen LogP contribution in [0.3, 0.4) is 0 Å². The van der Waals surface area contributed by atoms with Crippen LogP contribution in [0, 0.1) is 5.92 Å². The summed E-state index contributed by atoms with van der Waals surface area (Å²) in [7, 11) is 1.67. The molecule has 4 nitrogen and oxygen atoms in total. The van der Waals surface area contributed by atoms with Gasteiger partial charge in [0.25, 0.3) is 5.24 Å². The minimum absolute atomic E-state index is 0.0855. The van der Waals surface area contributed by atoms with Gasteiger partial charge >= 0.3 is 0 Å². The molecular formula is C11H22N2O2S. The molecule has 0 aliphatic carbocycles. The highest BCUT2D eigenvalue weighted by Gasteiger charge is 2.29. The fraction of sp³-hybridized carbons (Fsp3) is 0.818. The quantitative estimate of drug-likeness (QED) is 0.825. The Morgan fingerprint density at radius 3 is 2.00 bits per heavy atom. The average molecular weight is 246 g/mol. The lowest BCUT2D eigenvalue weighted by Gasteiger charge is -2.30. The summed E-state index contributed by atoms with van der Waals surface area (Å²) in [5.41, 5.74) is 0. The highest BCUT2D eigenvalue weighted by atomic mass is 32.2. The van der Waals surface area contributed by atoms with Gasteiger partial charge in [-0.25, -0.2) is 0 Å². The fourth-order valence-electron chi connectivity index (χ4n) is 1.55. The molecule has 0 radical (unpaired) electrons. The largest absolute Gasteiger partial charge is 0.352 e. The van der Waals surface area contributed by atoms with E-state index in [1.165, 1.54) is 4.90 Å².